The van der Waals surface area contributed by atoms with E-state index in [1.807, 2.05) is 7.05 Å². The standard InChI is InChI=1S/C27H27F5N2O2/c1-34-11-9-26(10-12-34,19-4-6-21(28)7-5-19)17-36-16-22-14-20(27(30,31)32)15-24(33-22)18-3-8-25(35-2)23(29)13-18/h3-8,13-15H,9-12,16-17H2,1-2H3. The van der Waals surface area contributed by atoms with Crippen molar-refractivity contribution >= 4 is 0 Å². The normalized spacial score (nSPS) is 16.2. The highest BCUT2D eigenvalue weighted by molar-refractivity contribution is 5.61. The highest BCUT2D eigenvalue weighted by Gasteiger charge is 2.36. The Bertz CT molecular complexity index is 1190. The molecule has 0 radical (unpaired) electrons. The maximum Gasteiger partial charge on any atom is 0.416 e. The Balaban J connectivity index is 1.59. The first-order valence-corrected chi connectivity index (χ1v) is 11.5. The third-order valence-corrected chi connectivity index (χ3v) is 6.68. The van der Waals surface area contributed by atoms with Crippen molar-refractivity contribution in [3.8, 4) is 17.0 Å². The SMILES string of the molecule is COc1ccc(-c2cc(C(F)(F)F)cc(COCC3(c4ccc(F)cc4)CCN(C)CC3)n2)cc1F. The number of alkyl halides is 3. The minimum atomic E-state index is -4.61. The lowest BCUT2D eigenvalue weighted by Crippen LogP contribution is -2.43. The van der Waals surface area contributed by atoms with E-state index in [4.69, 9.17) is 9.47 Å². The summed E-state index contributed by atoms with van der Waals surface area (Å²) >= 11 is 0. The van der Waals surface area contributed by atoms with Crippen molar-refractivity contribution in [2.45, 2.75) is 31.0 Å². The summed E-state index contributed by atoms with van der Waals surface area (Å²) in [5, 5.41) is 0. The number of hydrogen-bond donors (Lipinski definition) is 0. The minimum absolute atomic E-state index is 0.0153. The molecule has 0 N–H and O–H groups in total. The molecule has 4 rings (SSSR count). The molecule has 4 nitrogen and oxygen atoms in total. The molecule has 1 aliphatic rings. The van der Waals surface area contributed by atoms with Crippen LogP contribution in [0.5, 0.6) is 5.75 Å². The summed E-state index contributed by atoms with van der Waals surface area (Å²) in [5.41, 5.74) is -0.0863. The van der Waals surface area contributed by atoms with E-state index >= 15 is 0 Å². The van der Waals surface area contributed by atoms with E-state index < -0.39 is 17.6 Å². The molecule has 0 aliphatic carbocycles. The van der Waals surface area contributed by atoms with E-state index in [1.54, 1.807) is 12.1 Å². The molecule has 0 unspecified atom stereocenters. The lowest BCUT2D eigenvalue weighted by atomic mass is 9.73. The van der Waals surface area contributed by atoms with Crippen molar-refractivity contribution in [2.75, 3.05) is 33.9 Å². The molecule has 9 heteroatoms. The van der Waals surface area contributed by atoms with Crippen LogP contribution in [0.2, 0.25) is 0 Å². The first kappa shape index (κ1) is 26.0. The number of halogens is 5. The Kier molecular flexibility index (Phi) is 7.61. The molecule has 192 valence electrons. The van der Waals surface area contributed by atoms with Crippen molar-refractivity contribution in [1.29, 1.82) is 0 Å². The average Bonchev–Trinajstić information content (AvgIpc) is 2.85. The molecule has 0 spiro atoms. The number of likely N-dealkylation sites (tertiary alicyclic amines) is 1. The van der Waals surface area contributed by atoms with Gasteiger partial charge in [-0.1, -0.05) is 12.1 Å². The first-order chi connectivity index (χ1) is 17.1. The molecule has 36 heavy (non-hydrogen) atoms. The summed E-state index contributed by atoms with van der Waals surface area (Å²) in [5.74, 6) is -1.05. The predicted octanol–water partition coefficient (Wildman–Crippen LogP) is 6.23. The van der Waals surface area contributed by atoms with Crippen LogP contribution in [0.4, 0.5) is 22.0 Å². The fourth-order valence-corrected chi connectivity index (χ4v) is 4.52. The van der Waals surface area contributed by atoms with E-state index in [1.165, 1.54) is 31.4 Å². The average molecular weight is 507 g/mol. The van der Waals surface area contributed by atoms with Crippen molar-refractivity contribution in [2.24, 2.45) is 0 Å². The van der Waals surface area contributed by atoms with Crippen LogP contribution in [0.15, 0.2) is 54.6 Å². The third kappa shape index (κ3) is 5.84. The molecule has 1 fully saturated rings. The minimum Gasteiger partial charge on any atom is -0.494 e. The van der Waals surface area contributed by atoms with Gasteiger partial charge in [0.2, 0.25) is 0 Å². The summed E-state index contributed by atoms with van der Waals surface area (Å²) in [6.07, 6.45) is -3.08. The van der Waals surface area contributed by atoms with E-state index in [9.17, 15) is 22.0 Å². The van der Waals surface area contributed by atoms with E-state index in [2.05, 4.69) is 9.88 Å². The van der Waals surface area contributed by atoms with Gasteiger partial charge in [0.15, 0.2) is 11.6 Å². The number of pyridine rings is 1. The van der Waals surface area contributed by atoms with Crippen molar-refractivity contribution in [1.82, 2.24) is 9.88 Å². The number of ether oxygens (including phenoxy) is 2. The quantitative estimate of drug-likeness (QED) is 0.356. The van der Waals surface area contributed by atoms with Gasteiger partial charge in [0.25, 0.3) is 0 Å². The van der Waals surface area contributed by atoms with Crippen LogP contribution in [0, 0.1) is 11.6 Å². The van der Waals surface area contributed by atoms with Crippen molar-refractivity contribution < 1.29 is 31.4 Å². The van der Waals surface area contributed by atoms with Gasteiger partial charge in [-0.3, -0.25) is 4.98 Å². The number of hydrogen-bond acceptors (Lipinski definition) is 4. The van der Waals surface area contributed by atoms with Gasteiger partial charge < -0.3 is 14.4 Å². The fraction of sp³-hybridized carbons (Fsp3) is 0.370. The van der Waals surface area contributed by atoms with Gasteiger partial charge in [-0.25, -0.2) is 8.78 Å². The maximum atomic E-state index is 14.2. The molecule has 0 atom stereocenters. The topological polar surface area (TPSA) is 34.6 Å². The largest absolute Gasteiger partial charge is 0.494 e. The lowest BCUT2D eigenvalue weighted by molar-refractivity contribution is -0.137. The number of aromatic nitrogens is 1. The number of benzene rings is 2. The molecule has 0 saturated carbocycles. The molecule has 2 aromatic carbocycles. The predicted molar refractivity (Wildman–Crippen MR) is 126 cm³/mol. The number of nitrogens with zero attached hydrogens (tertiary/aromatic N) is 2. The van der Waals surface area contributed by atoms with Gasteiger partial charge >= 0.3 is 6.18 Å². The van der Waals surface area contributed by atoms with Gasteiger partial charge in [-0.05, 0) is 81.0 Å². The molecule has 2 heterocycles. The van der Waals surface area contributed by atoms with E-state index in [0.717, 1.165) is 49.7 Å². The van der Waals surface area contributed by atoms with Gasteiger partial charge in [0.1, 0.15) is 5.82 Å². The van der Waals surface area contributed by atoms with Crippen LogP contribution >= 0.6 is 0 Å². The van der Waals surface area contributed by atoms with Crippen LogP contribution in [-0.2, 0) is 22.9 Å². The van der Waals surface area contributed by atoms with Crippen LogP contribution in [0.3, 0.4) is 0 Å². The van der Waals surface area contributed by atoms with Gasteiger partial charge in [-0.2, -0.15) is 13.2 Å². The third-order valence-electron chi connectivity index (χ3n) is 6.68. The molecular formula is C27H27F5N2O2. The molecule has 1 aliphatic heterocycles. The summed E-state index contributed by atoms with van der Waals surface area (Å²) < 4.78 is 79.5. The van der Waals surface area contributed by atoms with Crippen LogP contribution < -0.4 is 4.74 Å². The summed E-state index contributed by atoms with van der Waals surface area (Å²) in [6, 6.07) is 12.0. The lowest BCUT2D eigenvalue weighted by Gasteiger charge is -2.41. The second kappa shape index (κ2) is 10.5. The smallest absolute Gasteiger partial charge is 0.416 e. The summed E-state index contributed by atoms with van der Waals surface area (Å²) in [7, 11) is 3.32. The second-order valence-corrected chi connectivity index (χ2v) is 9.16. The molecule has 0 bridgehead atoms. The molecule has 3 aromatic rings. The van der Waals surface area contributed by atoms with Gasteiger partial charge in [-0.15, -0.1) is 0 Å². The Morgan fingerprint density at radius 1 is 0.972 bits per heavy atom. The van der Waals surface area contributed by atoms with Gasteiger partial charge in [0.05, 0.1) is 37.3 Å². The Morgan fingerprint density at radius 3 is 2.28 bits per heavy atom. The van der Waals surface area contributed by atoms with Gasteiger partial charge in [0, 0.05) is 11.0 Å². The van der Waals surface area contributed by atoms with Crippen LogP contribution in [-0.4, -0.2) is 43.7 Å². The highest BCUT2D eigenvalue weighted by atomic mass is 19.4. The van der Waals surface area contributed by atoms with Crippen LogP contribution in [0.25, 0.3) is 11.3 Å². The molecule has 0 amide bonds. The molecular weight excluding hydrogens is 479 g/mol. The molecule has 1 aromatic heterocycles. The van der Waals surface area contributed by atoms with E-state index in [-0.39, 0.29) is 47.1 Å². The van der Waals surface area contributed by atoms with Crippen LogP contribution in [0.1, 0.15) is 29.7 Å². The highest BCUT2D eigenvalue weighted by Crippen LogP contribution is 2.37. The monoisotopic (exact) mass is 506 g/mol. The first-order valence-electron chi connectivity index (χ1n) is 11.5. The Morgan fingerprint density at radius 2 is 1.67 bits per heavy atom. The summed E-state index contributed by atoms with van der Waals surface area (Å²) in [4.78, 5) is 6.52. The summed E-state index contributed by atoms with van der Waals surface area (Å²) in [6.45, 7) is 1.72. The fourth-order valence-electron chi connectivity index (χ4n) is 4.52. The zero-order valence-corrected chi connectivity index (χ0v) is 20.0. The van der Waals surface area contributed by atoms with E-state index in [0.29, 0.717) is 0 Å². The van der Waals surface area contributed by atoms with Crippen molar-refractivity contribution in [3.63, 3.8) is 0 Å². The second-order valence-electron chi connectivity index (χ2n) is 9.16. The zero-order chi connectivity index (χ0) is 25.9. The Hall–Kier alpha value is -3.04. The zero-order valence-electron chi connectivity index (χ0n) is 20.0. The number of methoxy groups -OCH3 is 1. The number of rotatable bonds is 7. The van der Waals surface area contributed by atoms with Crippen molar-refractivity contribution in [3.05, 3.63) is 83.1 Å². The number of piperidine rings is 1. The maximum absolute atomic E-state index is 14.2. The molecule has 1 saturated heterocycles. The Labute approximate surface area is 206 Å².